The number of nitrogens with two attached hydrogens (primary N) is 1. The van der Waals surface area contributed by atoms with Crippen molar-refractivity contribution in [1.82, 2.24) is 0 Å². The zero-order valence-corrected chi connectivity index (χ0v) is 14.9. The van der Waals surface area contributed by atoms with E-state index in [0.29, 0.717) is 5.56 Å². The Morgan fingerprint density at radius 1 is 1.31 bits per heavy atom. The van der Waals surface area contributed by atoms with E-state index in [9.17, 15) is 18.8 Å². The number of nitrogens with one attached hydrogen (secondary N) is 1. The Balaban J connectivity index is 1.93. The molecule has 26 heavy (non-hydrogen) atoms. The molecule has 0 unspecified atom stereocenters. The molecule has 2 rings (SSSR count). The van der Waals surface area contributed by atoms with Gasteiger partial charge in [0.1, 0.15) is 5.00 Å². The third-order valence-electron chi connectivity index (χ3n) is 3.41. The highest BCUT2D eigenvalue weighted by Gasteiger charge is 2.21. The predicted octanol–water partition coefficient (Wildman–Crippen LogP) is 2.11. The van der Waals surface area contributed by atoms with Crippen molar-refractivity contribution < 1.29 is 28.2 Å². The van der Waals surface area contributed by atoms with Crippen molar-refractivity contribution >= 4 is 34.1 Å². The van der Waals surface area contributed by atoms with Crippen molar-refractivity contribution in [3.05, 3.63) is 46.6 Å². The van der Waals surface area contributed by atoms with Crippen molar-refractivity contribution in [2.24, 2.45) is 5.73 Å². The number of methoxy groups -OCH3 is 1. The summed E-state index contributed by atoms with van der Waals surface area (Å²) in [6, 6.07) is 5.57. The second-order valence-electron chi connectivity index (χ2n) is 5.29. The molecule has 0 radical (unpaired) electrons. The van der Waals surface area contributed by atoms with Gasteiger partial charge in [-0.25, -0.2) is 4.39 Å². The lowest BCUT2D eigenvalue weighted by molar-refractivity contribution is -0.152. The first-order valence-electron chi connectivity index (χ1n) is 7.52. The molecule has 0 saturated carbocycles. The van der Waals surface area contributed by atoms with E-state index < -0.39 is 29.7 Å². The Bertz CT molecular complexity index is 836. The number of ether oxygens (including phenoxy) is 2. The smallest absolute Gasteiger partial charge is 0.311 e. The van der Waals surface area contributed by atoms with Crippen molar-refractivity contribution in [2.75, 3.05) is 12.4 Å². The van der Waals surface area contributed by atoms with Crippen LogP contribution in [0.5, 0.6) is 5.75 Å². The quantitative estimate of drug-likeness (QED) is 0.715. The van der Waals surface area contributed by atoms with Crippen LogP contribution < -0.4 is 15.8 Å². The molecule has 2 aromatic rings. The van der Waals surface area contributed by atoms with E-state index in [0.717, 1.165) is 17.4 Å². The lowest BCUT2D eigenvalue weighted by Gasteiger charge is -2.13. The standard InChI is InChI=1S/C17H17FN2O5S/c1-9(16(23)20-17-11(15(19)22)5-6-26-17)25-14(21)8-10-3-4-13(24-2)12(18)7-10/h3-7,9H,8H2,1-2H3,(H2,19,22)(H,20,23)/t9-/m1/s1. The molecule has 7 nitrogen and oxygen atoms in total. The molecule has 0 aliphatic rings. The van der Waals surface area contributed by atoms with Gasteiger partial charge in [-0.3, -0.25) is 14.4 Å². The lowest BCUT2D eigenvalue weighted by atomic mass is 10.1. The predicted molar refractivity (Wildman–Crippen MR) is 93.7 cm³/mol. The summed E-state index contributed by atoms with van der Waals surface area (Å²) in [5.74, 6) is -2.51. The van der Waals surface area contributed by atoms with Crippen LogP contribution in [0.2, 0.25) is 0 Å². The van der Waals surface area contributed by atoms with Gasteiger partial charge in [-0.2, -0.15) is 0 Å². The van der Waals surface area contributed by atoms with Crippen LogP contribution in [0.15, 0.2) is 29.6 Å². The number of amides is 2. The minimum Gasteiger partial charge on any atom is -0.494 e. The topological polar surface area (TPSA) is 108 Å². The molecule has 0 saturated heterocycles. The zero-order valence-electron chi connectivity index (χ0n) is 14.1. The van der Waals surface area contributed by atoms with Crippen LogP contribution in [0.25, 0.3) is 0 Å². The summed E-state index contributed by atoms with van der Waals surface area (Å²) in [4.78, 5) is 35.3. The second kappa shape index (κ2) is 8.43. The van der Waals surface area contributed by atoms with Crippen LogP contribution in [-0.2, 0) is 20.7 Å². The molecule has 1 heterocycles. The van der Waals surface area contributed by atoms with Crippen LogP contribution in [0.3, 0.4) is 0 Å². The molecule has 3 N–H and O–H groups in total. The van der Waals surface area contributed by atoms with Crippen molar-refractivity contribution in [3.63, 3.8) is 0 Å². The van der Waals surface area contributed by atoms with Gasteiger partial charge in [0, 0.05) is 0 Å². The summed E-state index contributed by atoms with van der Waals surface area (Å²) >= 11 is 1.12. The highest BCUT2D eigenvalue weighted by atomic mass is 32.1. The number of carbonyl (C=O) groups is 3. The first-order chi connectivity index (χ1) is 12.3. The fraction of sp³-hybridized carbons (Fsp3) is 0.235. The van der Waals surface area contributed by atoms with Crippen LogP contribution >= 0.6 is 11.3 Å². The average Bonchev–Trinajstić information content (AvgIpc) is 3.03. The molecule has 0 spiro atoms. The molecule has 0 aliphatic heterocycles. The Morgan fingerprint density at radius 2 is 2.04 bits per heavy atom. The summed E-state index contributed by atoms with van der Waals surface area (Å²) in [5.41, 5.74) is 5.76. The monoisotopic (exact) mass is 380 g/mol. The van der Waals surface area contributed by atoms with Gasteiger partial charge in [0.05, 0.1) is 19.1 Å². The Hall–Kier alpha value is -2.94. The number of anilines is 1. The number of hydrogen-bond acceptors (Lipinski definition) is 6. The molecule has 1 atom stereocenters. The molecule has 9 heteroatoms. The van der Waals surface area contributed by atoms with Crippen molar-refractivity contribution in [2.45, 2.75) is 19.4 Å². The number of primary amides is 1. The maximum absolute atomic E-state index is 13.6. The third kappa shape index (κ3) is 4.79. The van der Waals surface area contributed by atoms with E-state index >= 15 is 0 Å². The summed E-state index contributed by atoms with van der Waals surface area (Å²) in [6.45, 7) is 1.39. The van der Waals surface area contributed by atoms with E-state index in [1.165, 1.54) is 32.2 Å². The summed E-state index contributed by atoms with van der Waals surface area (Å²) in [6.07, 6.45) is -1.31. The van der Waals surface area contributed by atoms with Crippen molar-refractivity contribution in [3.8, 4) is 5.75 Å². The molecule has 138 valence electrons. The minimum absolute atomic E-state index is 0.0658. The Morgan fingerprint density at radius 3 is 2.65 bits per heavy atom. The number of halogens is 1. The number of carbonyl (C=O) groups excluding carboxylic acids is 3. The number of benzene rings is 1. The van der Waals surface area contributed by atoms with Gasteiger partial charge in [0.15, 0.2) is 17.7 Å². The van der Waals surface area contributed by atoms with Crippen molar-refractivity contribution in [1.29, 1.82) is 0 Å². The first kappa shape index (κ1) is 19.4. The van der Waals surface area contributed by atoms with Gasteiger partial charge in [0.2, 0.25) is 0 Å². The maximum atomic E-state index is 13.6. The second-order valence-corrected chi connectivity index (χ2v) is 6.21. The third-order valence-corrected chi connectivity index (χ3v) is 4.24. The van der Waals surface area contributed by atoms with E-state index in [-0.39, 0.29) is 22.7 Å². The molecule has 0 aliphatic carbocycles. The Kier molecular flexibility index (Phi) is 6.29. The van der Waals surface area contributed by atoms with Gasteiger partial charge in [0.25, 0.3) is 11.8 Å². The molecule has 1 aromatic heterocycles. The molecular weight excluding hydrogens is 363 g/mol. The fourth-order valence-corrected chi connectivity index (χ4v) is 2.89. The van der Waals surface area contributed by atoms with Gasteiger partial charge >= 0.3 is 5.97 Å². The minimum atomic E-state index is -1.10. The Labute approximate surface area is 152 Å². The zero-order chi connectivity index (χ0) is 19.3. The lowest BCUT2D eigenvalue weighted by Crippen LogP contribution is -2.30. The van der Waals surface area contributed by atoms with E-state index in [1.807, 2.05) is 0 Å². The molecule has 1 aromatic carbocycles. The largest absolute Gasteiger partial charge is 0.494 e. The first-order valence-corrected chi connectivity index (χ1v) is 8.39. The number of thiophene rings is 1. The highest BCUT2D eigenvalue weighted by molar-refractivity contribution is 7.14. The summed E-state index contributed by atoms with van der Waals surface area (Å²) < 4.78 is 23.5. The van der Waals surface area contributed by atoms with Gasteiger partial charge in [-0.05, 0) is 36.1 Å². The molecular formula is C17H17FN2O5S. The summed E-state index contributed by atoms with van der Waals surface area (Å²) in [5, 5.41) is 4.37. The number of esters is 1. The molecule has 0 fully saturated rings. The van der Waals surface area contributed by atoms with Gasteiger partial charge in [-0.15, -0.1) is 11.3 Å². The average molecular weight is 380 g/mol. The molecule has 0 bridgehead atoms. The highest BCUT2D eigenvalue weighted by Crippen LogP contribution is 2.23. The fourth-order valence-electron chi connectivity index (χ4n) is 2.09. The van der Waals surface area contributed by atoms with Crippen LogP contribution in [0, 0.1) is 5.82 Å². The van der Waals surface area contributed by atoms with Gasteiger partial charge < -0.3 is 20.5 Å². The maximum Gasteiger partial charge on any atom is 0.311 e. The van der Waals surface area contributed by atoms with E-state index in [1.54, 1.807) is 5.38 Å². The van der Waals surface area contributed by atoms with E-state index in [2.05, 4.69) is 5.32 Å². The number of rotatable bonds is 7. The summed E-state index contributed by atoms with van der Waals surface area (Å²) in [7, 11) is 1.34. The van der Waals surface area contributed by atoms with Crippen LogP contribution in [0.1, 0.15) is 22.8 Å². The SMILES string of the molecule is COc1ccc(CC(=O)O[C@H](C)C(=O)Nc2sccc2C(N)=O)cc1F. The van der Waals surface area contributed by atoms with Crippen LogP contribution in [-0.4, -0.2) is 31.0 Å². The molecule has 2 amide bonds. The van der Waals surface area contributed by atoms with E-state index in [4.69, 9.17) is 15.2 Å². The number of hydrogen-bond donors (Lipinski definition) is 2. The van der Waals surface area contributed by atoms with Crippen LogP contribution in [0.4, 0.5) is 9.39 Å². The van der Waals surface area contributed by atoms with Gasteiger partial charge in [-0.1, -0.05) is 6.07 Å². The normalized spacial score (nSPS) is 11.5.